The molecule has 0 aliphatic rings. The number of aryl methyl sites for hydroxylation is 1. The molecule has 2 aromatic carbocycles. The summed E-state index contributed by atoms with van der Waals surface area (Å²) in [6.45, 7) is 4.54. The van der Waals surface area contributed by atoms with Crippen LogP contribution in [0.15, 0.2) is 48.5 Å². The van der Waals surface area contributed by atoms with Gasteiger partial charge in [-0.05, 0) is 36.6 Å². The van der Waals surface area contributed by atoms with E-state index < -0.39 is 6.10 Å². The number of rotatable bonds is 9. The molecule has 0 radical (unpaired) electrons. The number of benzene rings is 2. The molecule has 1 atom stereocenters. The maximum absolute atomic E-state index is 12.3. The molecule has 0 bridgehead atoms. The number of amides is 1. The second kappa shape index (κ2) is 10.4. The molecule has 2 rings (SSSR count). The van der Waals surface area contributed by atoms with Gasteiger partial charge in [0.15, 0.2) is 6.10 Å². The molecular formula is C20H24ClNO2S. The van der Waals surface area contributed by atoms with Gasteiger partial charge in [0.2, 0.25) is 0 Å². The molecule has 0 spiro atoms. The van der Waals surface area contributed by atoms with Crippen molar-refractivity contribution in [2.75, 3.05) is 12.3 Å². The lowest BCUT2D eigenvalue weighted by Gasteiger charge is -2.18. The number of nitrogens with one attached hydrogen (secondary N) is 1. The van der Waals surface area contributed by atoms with Gasteiger partial charge in [-0.1, -0.05) is 54.9 Å². The van der Waals surface area contributed by atoms with E-state index in [9.17, 15) is 4.79 Å². The van der Waals surface area contributed by atoms with Crippen molar-refractivity contribution >= 4 is 29.3 Å². The van der Waals surface area contributed by atoms with Crippen molar-refractivity contribution in [3.63, 3.8) is 0 Å². The Morgan fingerprint density at radius 1 is 1.20 bits per heavy atom. The number of hydrogen-bond donors (Lipinski definition) is 1. The molecule has 3 nitrogen and oxygen atoms in total. The maximum atomic E-state index is 12.3. The Labute approximate surface area is 159 Å². The number of thioether (sulfide) groups is 1. The van der Waals surface area contributed by atoms with E-state index in [-0.39, 0.29) is 5.91 Å². The first kappa shape index (κ1) is 19.7. The standard InChI is InChI=1S/C20H24ClNO2S/c1-3-18(24-19-11-7-4-8-15(19)2)20(23)22-12-13-25-14-16-9-5-6-10-17(16)21/h4-11,18H,3,12-14H2,1-2H3,(H,22,23)/t18-/m0/s1. The summed E-state index contributed by atoms with van der Waals surface area (Å²) in [7, 11) is 0. The number of ether oxygens (including phenoxy) is 1. The molecule has 0 aromatic heterocycles. The van der Waals surface area contributed by atoms with Gasteiger partial charge in [0, 0.05) is 23.1 Å². The van der Waals surface area contributed by atoms with Crippen LogP contribution in [0.25, 0.3) is 0 Å². The zero-order chi connectivity index (χ0) is 18.1. The van der Waals surface area contributed by atoms with Gasteiger partial charge >= 0.3 is 0 Å². The molecular weight excluding hydrogens is 354 g/mol. The molecule has 25 heavy (non-hydrogen) atoms. The highest BCUT2D eigenvalue weighted by atomic mass is 35.5. The van der Waals surface area contributed by atoms with Crippen molar-refractivity contribution in [3.8, 4) is 5.75 Å². The largest absolute Gasteiger partial charge is 0.480 e. The van der Waals surface area contributed by atoms with Crippen molar-refractivity contribution in [1.82, 2.24) is 5.32 Å². The molecule has 1 N–H and O–H groups in total. The van der Waals surface area contributed by atoms with Gasteiger partial charge < -0.3 is 10.1 Å². The molecule has 134 valence electrons. The van der Waals surface area contributed by atoms with Crippen LogP contribution >= 0.6 is 23.4 Å². The Morgan fingerprint density at radius 2 is 1.92 bits per heavy atom. The minimum absolute atomic E-state index is 0.0657. The van der Waals surface area contributed by atoms with Gasteiger partial charge in [-0.15, -0.1) is 0 Å². The van der Waals surface area contributed by atoms with Crippen LogP contribution in [-0.4, -0.2) is 24.3 Å². The zero-order valence-electron chi connectivity index (χ0n) is 14.6. The molecule has 1 amide bonds. The van der Waals surface area contributed by atoms with E-state index in [2.05, 4.69) is 5.32 Å². The molecule has 0 heterocycles. The third kappa shape index (κ3) is 6.29. The SMILES string of the molecule is CC[C@H](Oc1ccccc1C)C(=O)NCCSCc1ccccc1Cl. The van der Waals surface area contributed by atoms with Crippen molar-refractivity contribution in [1.29, 1.82) is 0 Å². The van der Waals surface area contributed by atoms with Crippen molar-refractivity contribution in [2.45, 2.75) is 32.1 Å². The monoisotopic (exact) mass is 377 g/mol. The smallest absolute Gasteiger partial charge is 0.261 e. The quantitative estimate of drug-likeness (QED) is 0.634. The average molecular weight is 378 g/mol. The highest BCUT2D eigenvalue weighted by Crippen LogP contribution is 2.21. The first-order valence-electron chi connectivity index (χ1n) is 8.43. The van der Waals surface area contributed by atoms with Crippen LogP contribution in [0.3, 0.4) is 0 Å². The average Bonchev–Trinajstić information content (AvgIpc) is 2.62. The van der Waals surface area contributed by atoms with Crippen LogP contribution in [0.1, 0.15) is 24.5 Å². The predicted molar refractivity (Wildman–Crippen MR) is 107 cm³/mol. The summed E-state index contributed by atoms with van der Waals surface area (Å²) in [5.74, 6) is 2.37. The molecule has 5 heteroatoms. The minimum atomic E-state index is -0.463. The Kier molecular flexibility index (Phi) is 8.16. The van der Waals surface area contributed by atoms with Gasteiger partial charge in [0.05, 0.1) is 0 Å². The highest BCUT2D eigenvalue weighted by Gasteiger charge is 2.18. The second-order valence-electron chi connectivity index (χ2n) is 5.72. The number of carbonyl (C=O) groups excluding carboxylic acids is 1. The van der Waals surface area contributed by atoms with Gasteiger partial charge in [-0.25, -0.2) is 0 Å². The fraction of sp³-hybridized carbons (Fsp3) is 0.350. The zero-order valence-corrected chi connectivity index (χ0v) is 16.2. The van der Waals surface area contributed by atoms with E-state index >= 15 is 0 Å². The summed E-state index contributed by atoms with van der Waals surface area (Å²) in [5.41, 5.74) is 2.15. The fourth-order valence-corrected chi connectivity index (χ4v) is 3.47. The van der Waals surface area contributed by atoms with Gasteiger partial charge in [0.25, 0.3) is 5.91 Å². The summed E-state index contributed by atoms with van der Waals surface area (Å²) in [6, 6.07) is 15.6. The third-order valence-corrected chi connectivity index (χ3v) is 5.16. The summed E-state index contributed by atoms with van der Waals surface area (Å²) >= 11 is 7.89. The van der Waals surface area contributed by atoms with Crippen molar-refractivity contribution < 1.29 is 9.53 Å². The lowest BCUT2D eigenvalue weighted by atomic mass is 10.2. The summed E-state index contributed by atoms with van der Waals surface area (Å²) in [4.78, 5) is 12.3. The van der Waals surface area contributed by atoms with Gasteiger partial charge in [-0.2, -0.15) is 11.8 Å². The number of carbonyl (C=O) groups is 1. The van der Waals surface area contributed by atoms with Crippen LogP contribution in [0.2, 0.25) is 5.02 Å². The first-order chi connectivity index (χ1) is 12.1. The van der Waals surface area contributed by atoms with Crippen molar-refractivity contribution in [3.05, 3.63) is 64.7 Å². The first-order valence-corrected chi connectivity index (χ1v) is 9.96. The topological polar surface area (TPSA) is 38.3 Å². The third-order valence-electron chi connectivity index (χ3n) is 3.79. The molecule has 0 fully saturated rings. The summed E-state index contributed by atoms with van der Waals surface area (Å²) in [6.07, 6.45) is 0.169. The van der Waals surface area contributed by atoms with E-state index in [1.165, 1.54) is 0 Å². The van der Waals surface area contributed by atoms with E-state index in [1.807, 2.05) is 62.4 Å². The Morgan fingerprint density at radius 3 is 2.64 bits per heavy atom. The normalized spacial score (nSPS) is 11.8. The number of para-hydroxylation sites is 1. The highest BCUT2D eigenvalue weighted by molar-refractivity contribution is 7.98. The Balaban J connectivity index is 1.73. The minimum Gasteiger partial charge on any atom is -0.480 e. The molecule has 0 saturated heterocycles. The lowest BCUT2D eigenvalue weighted by molar-refractivity contribution is -0.128. The molecule has 0 aliphatic heterocycles. The second-order valence-corrected chi connectivity index (χ2v) is 7.23. The molecule has 0 aliphatic carbocycles. The fourth-order valence-electron chi connectivity index (χ4n) is 2.32. The molecule has 2 aromatic rings. The van der Waals surface area contributed by atoms with E-state index in [0.717, 1.165) is 33.4 Å². The van der Waals surface area contributed by atoms with Gasteiger partial charge in [0.1, 0.15) is 5.75 Å². The maximum Gasteiger partial charge on any atom is 0.261 e. The molecule has 0 unspecified atom stereocenters. The van der Waals surface area contributed by atoms with E-state index in [0.29, 0.717) is 13.0 Å². The van der Waals surface area contributed by atoms with Crippen LogP contribution in [-0.2, 0) is 10.5 Å². The predicted octanol–water partition coefficient (Wildman–Crippen LogP) is 4.86. The van der Waals surface area contributed by atoms with Crippen LogP contribution in [0.4, 0.5) is 0 Å². The molecule has 0 saturated carbocycles. The Hall–Kier alpha value is -1.65. The number of halogens is 1. The Bertz CT molecular complexity index is 693. The van der Waals surface area contributed by atoms with Gasteiger partial charge in [-0.3, -0.25) is 4.79 Å². The lowest BCUT2D eigenvalue weighted by Crippen LogP contribution is -2.39. The van der Waals surface area contributed by atoms with Crippen LogP contribution < -0.4 is 10.1 Å². The number of hydrogen-bond acceptors (Lipinski definition) is 3. The summed E-state index contributed by atoms with van der Waals surface area (Å²) < 4.78 is 5.86. The van der Waals surface area contributed by atoms with Crippen LogP contribution in [0.5, 0.6) is 5.75 Å². The van der Waals surface area contributed by atoms with Crippen LogP contribution in [0, 0.1) is 6.92 Å². The summed E-state index contributed by atoms with van der Waals surface area (Å²) in [5, 5.41) is 3.75. The van der Waals surface area contributed by atoms with E-state index in [1.54, 1.807) is 11.8 Å². The van der Waals surface area contributed by atoms with E-state index in [4.69, 9.17) is 16.3 Å². The van der Waals surface area contributed by atoms with Crippen molar-refractivity contribution in [2.24, 2.45) is 0 Å².